The second-order valence-electron chi connectivity index (χ2n) is 8.84. The van der Waals surface area contributed by atoms with Crippen molar-refractivity contribution in [2.75, 3.05) is 16.8 Å². The Balaban J connectivity index is 1.56. The minimum absolute atomic E-state index is 0.0730. The quantitative estimate of drug-likeness (QED) is 0.525. The Bertz CT molecular complexity index is 1230. The standard InChI is InChI=1S/C23H17F4N3O3/c24-11-6-8-12(9-7-11)30-19(31)16-15-5-2-10-29(15)22(17(16)20(30)32)13-3-1-4-14(23(25,26)27)18(13)28-21(22)33/h1,3-4,6-9,15-17H,2,5,10H2,(H,28,33)/t15-,16+,17-,22-/m0/s1. The predicted molar refractivity (Wildman–Crippen MR) is 107 cm³/mol. The Morgan fingerprint density at radius 2 is 1.73 bits per heavy atom. The van der Waals surface area contributed by atoms with E-state index in [1.807, 2.05) is 0 Å². The maximum atomic E-state index is 13.7. The second-order valence-corrected chi connectivity index (χ2v) is 8.84. The van der Waals surface area contributed by atoms with Gasteiger partial charge in [-0.25, -0.2) is 9.29 Å². The molecule has 3 fully saturated rings. The number of imide groups is 1. The van der Waals surface area contributed by atoms with Crippen LogP contribution in [0, 0.1) is 17.7 Å². The molecule has 6 rings (SSSR count). The topological polar surface area (TPSA) is 69.7 Å². The molecule has 0 unspecified atom stereocenters. The molecule has 4 atom stereocenters. The van der Waals surface area contributed by atoms with Gasteiger partial charge >= 0.3 is 6.18 Å². The van der Waals surface area contributed by atoms with E-state index in [2.05, 4.69) is 5.32 Å². The van der Waals surface area contributed by atoms with Crippen LogP contribution in [0.5, 0.6) is 0 Å². The van der Waals surface area contributed by atoms with Crippen LogP contribution >= 0.6 is 0 Å². The summed E-state index contributed by atoms with van der Waals surface area (Å²) in [6.45, 7) is 0.387. The number of alkyl halides is 3. The van der Waals surface area contributed by atoms with Crippen LogP contribution in [-0.2, 0) is 26.1 Å². The van der Waals surface area contributed by atoms with Gasteiger partial charge in [0.15, 0.2) is 0 Å². The number of hydrogen-bond acceptors (Lipinski definition) is 4. The van der Waals surface area contributed by atoms with E-state index >= 15 is 0 Å². The highest BCUT2D eigenvalue weighted by molar-refractivity contribution is 6.26. The fraction of sp³-hybridized carbons (Fsp3) is 0.348. The number of benzene rings is 2. The molecule has 170 valence electrons. The number of nitrogens with one attached hydrogen (secondary N) is 1. The van der Waals surface area contributed by atoms with Crippen molar-refractivity contribution in [2.45, 2.75) is 30.6 Å². The summed E-state index contributed by atoms with van der Waals surface area (Å²) < 4.78 is 54.6. The molecular weight excluding hydrogens is 442 g/mol. The van der Waals surface area contributed by atoms with Gasteiger partial charge in [0, 0.05) is 11.6 Å². The first-order chi connectivity index (χ1) is 15.7. The number of hydrogen-bond donors (Lipinski definition) is 1. The van der Waals surface area contributed by atoms with Gasteiger partial charge in [0.05, 0.1) is 28.8 Å². The summed E-state index contributed by atoms with van der Waals surface area (Å²) in [5, 5.41) is 2.40. The van der Waals surface area contributed by atoms with Crippen molar-refractivity contribution in [3.8, 4) is 0 Å². The highest BCUT2D eigenvalue weighted by Crippen LogP contribution is 2.61. The van der Waals surface area contributed by atoms with Crippen molar-refractivity contribution >= 4 is 29.1 Å². The van der Waals surface area contributed by atoms with Gasteiger partial charge in [-0.3, -0.25) is 19.3 Å². The monoisotopic (exact) mass is 459 g/mol. The molecule has 0 aliphatic carbocycles. The number of fused-ring (bicyclic) bond motifs is 7. The van der Waals surface area contributed by atoms with Crippen LogP contribution in [0.4, 0.5) is 28.9 Å². The van der Waals surface area contributed by atoms with E-state index in [0.717, 1.165) is 23.1 Å². The molecule has 0 saturated carbocycles. The molecule has 4 aliphatic rings. The molecule has 3 saturated heterocycles. The third-order valence-corrected chi connectivity index (χ3v) is 7.42. The van der Waals surface area contributed by atoms with Crippen molar-refractivity contribution in [1.29, 1.82) is 0 Å². The zero-order valence-corrected chi connectivity index (χ0v) is 17.0. The molecule has 2 aromatic carbocycles. The first kappa shape index (κ1) is 20.3. The fourth-order valence-electron chi connectivity index (χ4n) is 6.31. The van der Waals surface area contributed by atoms with Crippen molar-refractivity contribution < 1.29 is 31.9 Å². The van der Waals surface area contributed by atoms with Crippen LogP contribution in [0.3, 0.4) is 0 Å². The van der Waals surface area contributed by atoms with Gasteiger partial charge in [-0.05, 0) is 49.7 Å². The number of carbonyl (C=O) groups excluding carboxylic acids is 3. The van der Waals surface area contributed by atoms with Crippen LogP contribution in [0.25, 0.3) is 0 Å². The number of amides is 3. The summed E-state index contributed by atoms with van der Waals surface area (Å²) in [5.74, 6) is -4.50. The lowest BCUT2D eigenvalue weighted by Gasteiger charge is -2.36. The molecule has 4 heterocycles. The van der Waals surface area contributed by atoms with Gasteiger partial charge in [-0.1, -0.05) is 12.1 Å². The van der Waals surface area contributed by atoms with Crippen molar-refractivity contribution in [2.24, 2.45) is 11.8 Å². The molecule has 4 aliphatic heterocycles. The minimum atomic E-state index is -4.71. The summed E-state index contributed by atoms with van der Waals surface area (Å²) in [6.07, 6.45) is -3.52. The maximum Gasteiger partial charge on any atom is 0.418 e. The number of halogens is 4. The average Bonchev–Trinajstić information content (AvgIpc) is 3.46. The summed E-state index contributed by atoms with van der Waals surface area (Å²) in [7, 11) is 0. The van der Waals surface area contributed by atoms with E-state index in [1.165, 1.54) is 24.3 Å². The molecule has 0 radical (unpaired) electrons. The van der Waals surface area contributed by atoms with Gasteiger partial charge in [0.2, 0.25) is 17.7 Å². The van der Waals surface area contributed by atoms with E-state index in [-0.39, 0.29) is 16.9 Å². The van der Waals surface area contributed by atoms with Gasteiger partial charge in [0.1, 0.15) is 11.4 Å². The van der Waals surface area contributed by atoms with E-state index < -0.39 is 58.7 Å². The van der Waals surface area contributed by atoms with Crippen LogP contribution in [0.15, 0.2) is 42.5 Å². The second kappa shape index (κ2) is 6.40. The number of anilines is 2. The van der Waals surface area contributed by atoms with Gasteiger partial charge < -0.3 is 5.32 Å². The number of carbonyl (C=O) groups is 3. The third-order valence-electron chi connectivity index (χ3n) is 7.42. The minimum Gasteiger partial charge on any atom is -0.323 e. The Hall–Kier alpha value is -3.27. The molecule has 33 heavy (non-hydrogen) atoms. The third kappa shape index (κ3) is 2.39. The molecule has 6 nitrogen and oxygen atoms in total. The average molecular weight is 459 g/mol. The molecule has 0 aromatic heterocycles. The molecule has 2 aromatic rings. The highest BCUT2D eigenvalue weighted by Gasteiger charge is 2.75. The smallest absolute Gasteiger partial charge is 0.323 e. The maximum absolute atomic E-state index is 13.7. The Kier molecular flexibility index (Phi) is 3.95. The van der Waals surface area contributed by atoms with Crippen molar-refractivity contribution in [3.05, 3.63) is 59.4 Å². The van der Waals surface area contributed by atoms with Crippen molar-refractivity contribution in [1.82, 2.24) is 4.90 Å². The first-order valence-electron chi connectivity index (χ1n) is 10.6. The van der Waals surface area contributed by atoms with E-state index in [9.17, 15) is 31.9 Å². The molecule has 3 amide bonds. The molecule has 0 bridgehead atoms. The Labute approximate surface area is 185 Å². The van der Waals surface area contributed by atoms with E-state index in [0.29, 0.717) is 19.4 Å². The van der Waals surface area contributed by atoms with Gasteiger partial charge in [-0.2, -0.15) is 13.2 Å². The molecule has 1 spiro atoms. The zero-order chi connectivity index (χ0) is 23.3. The van der Waals surface area contributed by atoms with E-state index in [1.54, 1.807) is 4.90 Å². The molecule has 1 N–H and O–H groups in total. The predicted octanol–water partition coefficient (Wildman–Crippen LogP) is 3.28. The number of para-hydroxylation sites is 1. The summed E-state index contributed by atoms with van der Waals surface area (Å²) >= 11 is 0. The summed E-state index contributed by atoms with van der Waals surface area (Å²) in [6, 6.07) is 7.93. The summed E-state index contributed by atoms with van der Waals surface area (Å²) in [5.41, 5.74) is -2.81. The first-order valence-corrected chi connectivity index (χ1v) is 10.6. The molecule has 10 heteroatoms. The van der Waals surface area contributed by atoms with Gasteiger partial charge in [-0.15, -0.1) is 0 Å². The Morgan fingerprint density at radius 1 is 1.00 bits per heavy atom. The molecular formula is C23H17F4N3O3. The summed E-state index contributed by atoms with van der Waals surface area (Å²) in [4.78, 5) is 43.4. The van der Waals surface area contributed by atoms with Crippen LogP contribution in [-0.4, -0.2) is 35.2 Å². The SMILES string of the molecule is O=C1[C@H]2[C@@H](C(=O)N1c1ccc(F)cc1)[C@@]1(C(=O)Nc3c(C(F)(F)F)cccc31)N1CCC[C@@H]21. The van der Waals surface area contributed by atoms with Crippen LogP contribution in [0.2, 0.25) is 0 Å². The largest absolute Gasteiger partial charge is 0.418 e. The number of nitrogens with zero attached hydrogens (tertiary/aromatic N) is 2. The fourth-order valence-corrected chi connectivity index (χ4v) is 6.31. The highest BCUT2D eigenvalue weighted by atomic mass is 19.4. The zero-order valence-electron chi connectivity index (χ0n) is 17.0. The van der Waals surface area contributed by atoms with Crippen molar-refractivity contribution in [3.63, 3.8) is 0 Å². The van der Waals surface area contributed by atoms with Gasteiger partial charge in [0.25, 0.3) is 0 Å². The Morgan fingerprint density at radius 3 is 2.42 bits per heavy atom. The lowest BCUT2D eigenvalue weighted by Crippen LogP contribution is -2.54. The lowest BCUT2D eigenvalue weighted by atomic mass is 9.75. The van der Waals surface area contributed by atoms with Crippen LogP contribution in [0.1, 0.15) is 24.0 Å². The normalized spacial score (nSPS) is 30.7. The lowest BCUT2D eigenvalue weighted by molar-refractivity contribution is -0.137. The van der Waals surface area contributed by atoms with E-state index in [4.69, 9.17) is 0 Å². The number of rotatable bonds is 1. The van der Waals surface area contributed by atoms with Crippen LogP contribution < -0.4 is 10.2 Å².